The first-order valence-electron chi connectivity index (χ1n) is 10.4. The smallest absolute Gasteiger partial charge is 0.322 e. The van der Waals surface area contributed by atoms with E-state index in [9.17, 15) is 4.79 Å². The standard InChI is InChI=1S/C24H26N4O2S/c1-4-5-15-28-16(2)20(23-26-22(27-30-23)18-9-7-6-8-10-18)21(25-24(28)29)17-11-13-19(31-3)14-12-17/h6-14,21H,4-5,15H2,1-3H3,(H,25,29). The Hall–Kier alpha value is -3.06. The fraction of sp³-hybridized carbons (Fsp3) is 0.292. The minimum Gasteiger partial charge on any atom is -0.334 e. The lowest BCUT2D eigenvalue weighted by Gasteiger charge is -2.35. The molecular formula is C24H26N4O2S. The van der Waals surface area contributed by atoms with Crippen molar-refractivity contribution in [3.63, 3.8) is 0 Å². The van der Waals surface area contributed by atoms with Gasteiger partial charge in [0.15, 0.2) is 0 Å². The van der Waals surface area contributed by atoms with Crippen LogP contribution in [0.2, 0.25) is 0 Å². The normalized spacial score (nSPS) is 16.5. The van der Waals surface area contributed by atoms with E-state index in [1.807, 2.05) is 55.6 Å². The number of allylic oxidation sites excluding steroid dienone is 1. The van der Waals surface area contributed by atoms with E-state index in [2.05, 4.69) is 34.5 Å². The number of nitrogens with zero attached hydrogens (tertiary/aromatic N) is 3. The second-order valence-electron chi connectivity index (χ2n) is 7.45. The van der Waals surface area contributed by atoms with Gasteiger partial charge in [-0.15, -0.1) is 11.8 Å². The molecule has 1 N–H and O–H groups in total. The van der Waals surface area contributed by atoms with E-state index >= 15 is 0 Å². The highest BCUT2D eigenvalue weighted by Crippen LogP contribution is 2.37. The number of hydrogen-bond acceptors (Lipinski definition) is 5. The number of benzene rings is 2. The third-order valence-electron chi connectivity index (χ3n) is 5.47. The molecule has 1 aliphatic rings. The Morgan fingerprint density at radius 1 is 1.13 bits per heavy atom. The first-order valence-corrected chi connectivity index (χ1v) is 11.7. The molecule has 31 heavy (non-hydrogen) atoms. The molecule has 3 aromatic rings. The largest absolute Gasteiger partial charge is 0.334 e. The van der Waals surface area contributed by atoms with Gasteiger partial charge >= 0.3 is 6.03 Å². The van der Waals surface area contributed by atoms with Crippen molar-refractivity contribution in [1.29, 1.82) is 0 Å². The summed E-state index contributed by atoms with van der Waals surface area (Å²) in [6.45, 7) is 4.72. The number of rotatable bonds is 7. The van der Waals surface area contributed by atoms with Crippen molar-refractivity contribution in [2.24, 2.45) is 0 Å². The first kappa shape index (κ1) is 21.2. The van der Waals surface area contributed by atoms with Gasteiger partial charge in [-0.05, 0) is 37.3 Å². The van der Waals surface area contributed by atoms with E-state index in [-0.39, 0.29) is 12.1 Å². The second-order valence-corrected chi connectivity index (χ2v) is 8.33. The van der Waals surface area contributed by atoms with Gasteiger partial charge in [0.05, 0.1) is 11.6 Å². The van der Waals surface area contributed by atoms with Crippen LogP contribution in [0.5, 0.6) is 0 Å². The van der Waals surface area contributed by atoms with Crippen LogP contribution in [-0.4, -0.2) is 33.9 Å². The summed E-state index contributed by atoms with van der Waals surface area (Å²) in [5.41, 5.74) is 3.55. The summed E-state index contributed by atoms with van der Waals surface area (Å²) < 4.78 is 5.71. The van der Waals surface area contributed by atoms with Crippen LogP contribution in [-0.2, 0) is 0 Å². The SMILES string of the molecule is CCCCN1C(=O)NC(c2ccc(SC)cc2)C(c2nc(-c3ccccc3)no2)=C1C. The Kier molecular flexibility index (Phi) is 6.42. The molecule has 0 saturated carbocycles. The Bertz CT molecular complexity index is 1080. The monoisotopic (exact) mass is 434 g/mol. The highest BCUT2D eigenvalue weighted by atomic mass is 32.2. The third kappa shape index (κ3) is 4.37. The summed E-state index contributed by atoms with van der Waals surface area (Å²) in [4.78, 5) is 20.6. The summed E-state index contributed by atoms with van der Waals surface area (Å²) in [5, 5.41) is 7.35. The number of amides is 2. The lowest BCUT2D eigenvalue weighted by atomic mass is 9.94. The molecule has 160 valence electrons. The third-order valence-corrected chi connectivity index (χ3v) is 6.21. The predicted molar refractivity (Wildman–Crippen MR) is 123 cm³/mol. The highest BCUT2D eigenvalue weighted by molar-refractivity contribution is 7.98. The van der Waals surface area contributed by atoms with Gasteiger partial charge in [0.2, 0.25) is 5.82 Å². The van der Waals surface area contributed by atoms with Crippen LogP contribution in [0.4, 0.5) is 4.79 Å². The Morgan fingerprint density at radius 2 is 1.87 bits per heavy atom. The molecule has 0 saturated heterocycles. The number of aromatic nitrogens is 2. The summed E-state index contributed by atoms with van der Waals surface area (Å²) >= 11 is 1.68. The van der Waals surface area contributed by atoms with Crippen LogP contribution >= 0.6 is 11.8 Å². The molecule has 7 heteroatoms. The van der Waals surface area contributed by atoms with E-state index < -0.39 is 0 Å². The van der Waals surface area contributed by atoms with Crippen molar-refractivity contribution in [2.75, 3.05) is 12.8 Å². The molecule has 0 aliphatic carbocycles. The van der Waals surface area contributed by atoms with Crippen LogP contribution in [0.1, 0.15) is 44.2 Å². The predicted octanol–water partition coefficient (Wildman–Crippen LogP) is 5.76. The number of thioether (sulfide) groups is 1. The maximum atomic E-state index is 12.9. The van der Waals surface area contributed by atoms with Crippen molar-refractivity contribution in [3.05, 3.63) is 71.7 Å². The maximum absolute atomic E-state index is 12.9. The van der Waals surface area contributed by atoms with Gasteiger partial charge in [-0.1, -0.05) is 61.0 Å². The van der Waals surface area contributed by atoms with E-state index in [1.54, 1.807) is 16.7 Å². The molecule has 2 heterocycles. The molecule has 6 nitrogen and oxygen atoms in total. The van der Waals surface area contributed by atoms with Crippen molar-refractivity contribution >= 4 is 23.4 Å². The lowest BCUT2D eigenvalue weighted by molar-refractivity contribution is 0.204. The molecule has 1 unspecified atom stereocenters. The van der Waals surface area contributed by atoms with Crippen LogP contribution in [0, 0.1) is 0 Å². The number of urea groups is 1. The zero-order valence-electron chi connectivity index (χ0n) is 18.0. The van der Waals surface area contributed by atoms with Gasteiger partial charge in [-0.25, -0.2) is 4.79 Å². The first-order chi connectivity index (χ1) is 15.1. The minimum absolute atomic E-state index is 0.101. The van der Waals surface area contributed by atoms with Crippen molar-refractivity contribution in [1.82, 2.24) is 20.4 Å². The summed E-state index contributed by atoms with van der Waals surface area (Å²) in [7, 11) is 0. The molecule has 1 aliphatic heterocycles. The molecular weight excluding hydrogens is 408 g/mol. The molecule has 1 atom stereocenters. The maximum Gasteiger partial charge on any atom is 0.322 e. The minimum atomic E-state index is -0.356. The van der Waals surface area contributed by atoms with Crippen molar-refractivity contribution < 1.29 is 9.32 Å². The highest BCUT2D eigenvalue weighted by Gasteiger charge is 2.35. The topological polar surface area (TPSA) is 71.3 Å². The average molecular weight is 435 g/mol. The number of carbonyl (C=O) groups excluding carboxylic acids is 1. The van der Waals surface area contributed by atoms with E-state index in [4.69, 9.17) is 4.52 Å². The van der Waals surface area contributed by atoms with Gasteiger partial charge in [-0.2, -0.15) is 4.98 Å². The number of carbonyl (C=O) groups is 1. The molecule has 0 spiro atoms. The fourth-order valence-corrected chi connectivity index (χ4v) is 4.14. The van der Waals surface area contributed by atoms with E-state index in [0.717, 1.165) is 35.2 Å². The summed E-state index contributed by atoms with van der Waals surface area (Å²) in [5.74, 6) is 0.959. The van der Waals surface area contributed by atoms with Gasteiger partial charge in [-0.3, -0.25) is 4.90 Å². The Morgan fingerprint density at radius 3 is 2.55 bits per heavy atom. The van der Waals surface area contributed by atoms with Gasteiger partial charge in [0, 0.05) is 22.7 Å². The molecule has 0 bridgehead atoms. The van der Waals surface area contributed by atoms with Gasteiger partial charge in [0.1, 0.15) is 0 Å². The number of nitrogens with one attached hydrogen (secondary N) is 1. The van der Waals surface area contributed by atoms with Gasteiger partial charge in [0.25, 0.3) is 5.89 Å². The number of unbranched alkanes of at least 4 members (excludes halogenated alkanes) is 1. The average Bonchev–Trinajstić information content (AvgIpc) is 3.29. The molecule has 0 radical (unpaired) electrons. The van der Waals surface area contributed by atoms with Crippen LogP contribution in [0.25, 0.3) is 17.0 Å². The Balaban J connectivity index is 1.78. The quantitative estimate of drug-likeness (QED) is 0.479. The van der Waals surface area contributed by atoms with Crippen LogP contribution < -0.4 is 5.32 Å². The molecule has 2 aromatic carbocycles. The fourth-order valence-electron chi connectivity index (χ4n) is 3.73. The molecule has 1 aromatic heterocycles. The zero-order chi connectivity index (χ0) is 21.8. The molecule has 0 fully saturated rings. The Labute approximate surface area is 186 Å². The van der Waals surface area contributed by atoms with Crippen molar-refractivity contribution in [3.8, 4) is 11.4 Å². The summed E-state index contributed by atoms with van der Waals surface area (Å²) in [6.07, 6.45) is 3.97. The van der Waals surface area contributed by atoms with Gasteiger partial charge < -0.3 is 9.84 Å². The number of hydrogen-bond donors (Lipinski definition) is 1. The summed E-state index contributed by atoms with van der Waals surface area (Å²) in [6, 6.07) is 17.5. The molecule has 4 rings (SSSR count). The second kappa shape index (κ2) is 9.39. The van der Waals surface area contributed by atoms with Crippen LogP contribution in [0.15, 0.2) is 69.7 Å². The van der Waals surface area contributed by atoms with Crippen LogP contribution in [0.3, 0.4) is 0 Å². The van der Waals surface area contributed by atoms with E-state index in [1.165, 1.54) is 4.90 Å². The van der Waals surface area contributed by atoms with Crippen molar-refractivity contribution in [2.45, 2.75) is 37.6 Å². The molecule has 2 amide bonds. The zero-order valence-corrected chi connectivity index (χ0v) is 18.8. The van der Waals surface area contributed by atoms with E-state index in [0.29, 0.717) is 18.3 Å². The lowest BCUT2D eigenvalue weighted by Crippen LogP contribution is -2.46.